The molecule has 1 heterocycles. The molecule has 0 saturated carbocycles. The average molecular weight is 345 g/mol. The summed E-state index contributed by atoms with van der Waals surface area (Å²) in [6.45, 7) is 0. The van der Waals surface area contributed by atoms with Crippen molar-refractivity contribution >= 4 is 0 Å². The summed E-state index contributed by atoms with van der Waals surface area (Å²) in [5, 5.41) is 0. The number of aryl methyl sites for hydroxylation is 4. The highest BCUT2D eigenvalue weighted by molar-refractivity contribution is 5.75. The predicted octanol–water partition coefficient (Wildman–Crippen LogP) is 5.11. The molecule has 0 aliphatic heterocycles. The van der Waals surface area contributed by atoms with E-state index in [4.69, 9.17) is 13.9 Å². The second-order valence-corrected chi connectivity index (χ2v) is 7.00. The fourth-order valence-corrected chi connectivity index (χ4v) is 4.19. The van der Waals surface area contributed by atoms with Gasteiger partial charge < -0.3 is 9.47 Å². The Morgan fingerprint density at radius 3 is 1.54 bits per heavy atom. The highest BCUT2D eigenvalue weighted by atomic mass is 16.5. The second kappa shape index (κ2) is 5.87. The second-order valence-electron chi connectivity index (χ2n) is 7.00. The number of methoxy groups -OCH3 is 2. The molecule has 0 radical (unpaired) electrons. The van der Waals surface area contributed by atoms with E-state index in [9.17, 15) is 0 Å². The van der Waals surface area contributed by atoms with Crippen molar-refractivity contribution in [2.24, 2.45) is 0 Å². The quantitative estimate of drug-likeness (QED) is 0.605. The Morgan fingerprint density at radius 1 is 0.615 bits per heavy atom. The van der Waals surface area contributed by atoms with E-state index in [1.165, 1.54) is 33.4 Å². The summed E-state index contributed by atoms with van der Waals surface area (Å²) in [6.07, 6.45) is 4.09. The molecule has 0 amide bonds. The molecule has 0 saturated heterocycles. The van der Waals surface area contributed by atoms with Crippen molar-refractivity contribution < 1.29 is 13.9 Å². The molecule has 0 unspecified atom stereocenters. The van der Waals surface area contributed by atoms with E-state index in [0.717, 1.165) is 48.7 Å². The van der Waals surface area contributed by atoms with E-state index in [1.807, 2.05) is 12.1 Å². The summed E-state index contributed by atoms with van der Waals surface area (Å²) in [6, 6.07) is 14.9. The van der Waals surface area contributed by atoms with Gasteiger partial charge in [-0.25, -0.2) is 4.42 Å². The van der Waals surface area contributed by atoms with Gasteiger partial charge in [0, 0.05) is 0 Å². The highest BCUT2D eigenvalue weighted by Crippen LogP contribution is 2.42. The number of ether oxygens (including phenoxy) is 2. The molecule has 0 N–H and O–H groups in total. The van der Waals surface area contributed by atoms with Gasteiger partial charge in [0.2, 0.25) is 0 Å². The van der Waals surface area contributed by atoms with Crippen LogP contribution in [0.25, 0.3) is 22.6 Å². The maximum Gasteiger partial charge on any atom is 0.364 e. The molecule has 0 spiro atoms. The Morgan fingerprint density at radius 2 is 1.08 bits per heavy atom. The summed E-state index contributed by atoms with van der Waals surface area (Å²) in [4.78, 5) is 0. The number of fused-ring (bicyclic) bond motifs is 6. The van der Waals surface area contributed by atoms with Crippen molar-refractivity contribution in [2.75, 3.05) is 14.2 Å². The van der Waals surface area contributed by atoms with Crippen molar-refractivity contribution in [3.05, 3.63) is 64.7 Å². The fourth-order valence-electron chi connectivity index (χ4n) is 4.19. The molecule has 3 aromatic rings. The van der Waals surface area contributed by atoms with Gasteiger partial charge in [0.15, 0.2) is 0 Å². The third kappa shape index (κ3) is 2.31. The average Bonchev–Trinajstić information content (AvgIpc) is 2.71. The van der Waals surface area contributed by atoms with Crippen LogP contribution in [0, 0.1) is 0 Å². The summed E-state index contributed by atoms with van der Waals surface area (Å²) >= 11 is 0. The molecule has 0 fully saturated rings. The van der Waals surface area contributed by atoms with E-state index in [1.54, 1.807) is 14.2 Å². The van der Waals surface area contributed by atoms with Crippen LogP contribution in [0.5, 0.6) is 11.5 Å². The third-order valence-electron chi connectivity index (χ3n) is 5.58. The minimum absolute atomic E-state index is 0.905. The minimum Gasteiger partial charge on any atom is -0.497 e. The zero-order valence-electron chi connectivity index (χ0n) is 15.1. The Kier molecular flexibility index (Phi) is 3.49. The SMILES string of the molecule is COc1ccc2c(c1)CCc1cc3c([o+]c1-2)-c1ccc(OC)cc1CC3. The molecule has 2 aromatic carbocycles. The van der Waals surface area contributed by atoms with Crippen LogP contribution in [-0.4, -0.2) is 14.2 Å². The van der Waals surface area contributed by atoms with Crippen LogP contribution in [0.1, 0.15) is 22.3 Å². The van der Waals surface area contributed by atoms with E-state index in [-0.39, 0.29) is 0 Å². The zero-order chi connectivity index (χ0) is 17.7. The molecule has 3 nitrogen and oxygen atoms in total. The van der Waals surface area contributed by atoms with Gasteiger partial charge in [0.1, 0.15) is 11.5 Å². The summed E-state index contributed by atoms with van der Waals surface area (Å²) in [7, 11) is 3.43. The van der Waals surface area contributed by atoms with Crippen molar-refractivity contribution in [2.45, 2.75) is 25.7 Å². The van der Waals surface area contributed by atoms with Crippen LogP contribution in [0.3, 0.4) is 0 Å². The number of rotatable bonds is 2. The molecule has 130 valence electrons. The van der Waals surface area contributed by atoms with Crippen molar-refractivity contribution in [3.8, 4) is 34.1 Å². The van der Waals surface area contributed by atoms with Crippen LogP contribution in [0.4, 0.5) is 0 Å². The smallest absolute Gasteiger partial charge is 0.364 e. The largest absolute Gasteiger partial charge is 0.497 e. The molecular weight excluding hydrogens is 324 g/mol. The Labute approximate surface area is 153 Å². The monoisotopic (exact) mass is 345 g/mol. The van der Waals surface area contributed by atoms with Crippen LogP contribution in [-0.2, 0) is 25.7 Å². The summed E-state index contributed by atoms with van der Waals surface area (Å²) in [5.74, 6) is 3.83. The number of benzene rings is 2. The van der Waals surface area contributed by atoms with Crippen LogP contribution < -0.4 is 9.47 Å². The molecule has 3 heteroatoms. The normalized spacial score (nSPS) is 13.9. The van der Waals surface area contributed by atoms with Crippen LogP contribution in [0.2, 0.25) is 0 Å². The van der Waals surface area contributed by atoms with Crippen molar-refractivity contribution in [3.63, 3.8) is 0 Å². The molecule has 2 aliphatic rings. The van der Waals surface area contributed by atoms with Gasteiger partial charge in [0.05, 0.1) is 36.5 Å². The van der Waals surface area contributed by atoms with Gasteiger partial charge in [-0.15, -0.1) is 0 Å². The topological polar surface area (TPSA) is 29.8 Å². The zero-order valence-corrected chi connectivity index (χ0v) is 15.1. The maximum absolute atomic E-state index is 6.54. The molecule has 1 aromatic heterocycles. The Hall–Kier alpha value is -2.81. The standard InChI is InChI=1S/C23H21O3/c1-24-18-7-9-20-14(12-18)3-5-16-11-17-6-4-15-13-19(25-2)8-10-21(15)23(17)26-22(16)20/h7-13H,3-6H2,1-2H3/q+1. The highest BCUT2D eigenvalue weighted by Gasteiger charge is 2.34. The molecular formula is C23H21O3+. The van der Waals surface area contributed by atoms with Gasteiger partial charge in [0.25, 0.3) is 0 Å². The van der Waals surface area contributed by atoms with Crippen molar-refractivity contribution in [1.82, 2.24) is 0 Å². The van der Waals surface area contributed by atoms with E-state index in [2.05, 4.69) is 30.3 Å². The summed E-state index contributed by atoms with van der Waals surface area (Å²) in [5.41, 5.74) is 7.61. The lowest BCUT2D eigenvalue weighted by Crippen LogP contribution is -2.09. The number of hydrogen-bond acceptors (Lipinski definition) is 2. The fraction of sp³-hybridized carbons (Fsp3) is 0.261. The van der Waals surface area contributed by atoms with Gasteiger partial charge in [-0.2, -0.15) is 0 Å². The van der Waals surface area contributed by atoms with Crippen molar-refractivity contribution in [1.29, 1.82) is 0 Å². The summed E-state index contributed by atoms with van der Waals surface area (Å²) < 4.78 is 17.3. The maximum atomic E-state index is 6.54. The first kappa shape index (κ1) is 15.4. The predicted molar refractivity (Wildman–Crippen MR) is 102 cm³/mol. The first-order chi connectivity index (χ1) is 12.8. The number of hydrogen-bond donors (Lipinski definition) is 0. The van der Waals surface area contributed by atoms with Gasteiger partial charge in [-0.3, -0.25) is 0 Å². The third-order valence-corrected chi connectivity index (χ3v) is 5.58. The molecule has 26 heavy (non-hydrogen) atoms. The van der Waals surface area contributed by atoms with Gasteiger partial charge >= 0.3 is 11.5 Å². The lowest BCUT2D eigenvalue weighted by atomic mass is 9.85. The molecule has 0 atom stereocenters. The van der Waals surface area contributed by atoms with E-state index in [0.29, 0.717) is 0 Å². The molecule has 2 aliphatic carbocycles. The van der Waals surface area contributed by atoms with Crippen LogP contribution in [0.15, 0.2) is 46.9 Å². The first-order valence-corrected chi connectivity index (χ1v) is 9.10. The first-order valence-electron chi connectivity index (χ1n) is 9.10. The van der Waals surface area contributed by atoms with E-state index >= 15 is 0 Å². The van der Waals surface area contributed by atoms with Gasteiger partial charge in [-0.1, -0.05) is 0 Å². The lowest BCUT2D eigenvalue weighted by Gasteiger charge is -2.18. The minimum atomic E-state index is 0.905. The molecule has 0 bridgehead atoms. The Bertz CT molecular complexity index is 941. The van der Waals surface area contributed by atoms with Gasteiger partial charge in [-0.05, 0) is 79.3 Å². The van der Waals surface area contributed by atoms with E-state index < -0.39 is 0 Å². The Balaban J connectivity index is 1.68. The molecule has 5 rings (SSSR count). The lowest BCUT2D eigenvalue weighted by molar-refractivity contribution is 0.414. The van der Waals surface area contributed by atoms with Crippen LogP contribution >= 0.6 is 0 Å².